The second kappa shape index (κ2) is 4.71. The molecule has 0 radical (unpaired) electrons. The van der Waals surface area contributed by atoms with Gasteiger partial charge in [0.2, 0.25) is 5.79 Å². The van der Waals surface area contributed by atoms with Gasteiger partial charge in [-0.05, 0) is 29.6 Å². The average molecular weight is 296 g/mol. The molecule has 2 heteroatoms. The summed E-state index contributed by atoms with van der Waals surface area (Å²) in [5, 5.41) is 0. The van der Waals surface area contributed by atoms with Crippen LogP contribution in [0.1, 0.15) is 88.0 Å². The largest absolute Gasteiger partial charge is 0.245 e. The Labute approximate surface area is 131 Å². The predicted octanol–water partition coefficient (Wildman–Crippen LogP) is 5.96. The molecule has 2 nitrogen and oxygen atoms in total. The third kappa shape index (κ3) is 1.97. The Balaban J connectivity index is 2.70. The Bertz CT molecular complexity index is 386. The van der Waals surface area contributed by atoms with E-state index < -0.39 is 5.79 Å². The fraction of sp³-hybridized carbons (Fsp3) is 1.00. The topological polar surface area (TPSA) is 25.1 Å². The summed E-state index contributed by atoms with van der Waals surface area (Å²) in [6.45, 7) is 21.4. The molecule has 1 aliphatic carbocycles. The highest BCUT2D eigenvalue weighted by molar-refractivity contribution is 5.18. The normalized spacial score (nSPS) is 30.4. The third-order valence-electron chi connectivity index (χ3n) is 7.29. The van der Waals surface area contributed by atoms with Crippen LogP contribution in [0.4, 0.5) is 0 Å². The minimum Gasteiger partial charge on any atom is -0.194 e. The summed E-state index contributed by atoms with van der Waals surface area (Å²) in [6, 6.07) is 0. The van der Waals surface area contributed by atoms with Gasteiger partial charge in [-0.2, -0.15) is 9.78 Å². The zero-order chi connectivity index (χ0) is 16.3. The molecule has 1 unspecified atom stereocenters. The predicted molar refractivity (Wildman–Crippen MR) is 87.7 cm³/mol. The lowest BCUT2D eigenvalue weighted by molar-refractivity contribution is -0.205. The summed E-state index contributed by atoms with van der Waals surface area (Å²) in [6.07, 6.45) is 4.66. The number of hydrogen-bond donors (Lipinski definition) is 0. The fourth-order valence-electron chi connectivity index (χ4n) is 5.69. The quantitative estimate of drug-likeness (QED) is 0.472. The lowest BCUT2D eigenvalue weighted by Gasteiger charge is -2.63. The molecule has 0 N–H and O–H groups in total. The van der Waals surface area contributed by atoms with E-state index in [1.807, 2.05) is 0 Å². The molecule has 1 saturated carbocycles. The van der Waals surface area contributed by atoms with E-state index in [2.05, 4.69) is 62.3 Å². The van der Waals surface area contributed by atoms with E-state index in [-0.39, 0.29) is 21.7 Å². The summed E-state index contributed by atoms with van der Waals surface area (Å²) >= 11 is 0. The fourth-order valence-corrected chi connectivity index (χ4v) is 5.69. The maximum atomic E-state index is 5.89. The van der Waals surface area contributed by atoms with E-state index in [1.54, 1.807) is 0 Å². The average Bonchev–Trinajstić information content (AvgIpc) is 3.15. The van der Waals surface area contributed by atoms with Gasteiger partial charge in [0.05, 0.1) is 0 Å². The van der Waals surface area contributed by atoms with Gasteiger partial charge in [-0.1, -0.05) is 75.2 Å². The van der Waals surface area contributed by atoms with Crippen LogP contribution < -0.4 is 0 Å². The van der Waals surface area contributed by atoms with Crippen molar-refractivity contribution in [1.82, 2.24) is 0 Å². The highest BCUT2D eigenvalue weighted by Crippen LogP contribution is 2.76. The second-order valence-corrected chi connectivity index (χ2v) is 9.56. The minimum atomic E-state index is -0.411. The van der Waals surface area contributed by atoms with Crippen molar-refractivity contribution in [1.29, 1.82) is 0 Å². The van der Waals surface area contributed by atoms with E-state index >= 15 is 0 Å². The molecule has 0 aromatic heterocycles. The summed E-state index contributed by atoms with van der Waals surface area (Å²) in [7, 11) is 0. The van der Waals surface area contributed by atoms with E-state index in [9.17, 15) is 0 Å². The molecule has 1 aliphatic heterocycles. The second-order valence-electron chi connectivity index (χ2n) is 9.56. The van der Waals surface area contributed by atoms with Gasteiger partial charge in [0.1, 0.15) is 0 Å². The van der Waals surface area contributed by atoms with Crippen molar-refractivity contribution in [2.45, 2.75) is 93.8 Å². The Kier molecular flexibility index (Phi) is 3.87. The van der Waals surface area contributed by atoms with Crippen LogP contribution in [0.3, 0.4) is 0 Å². The van der Waals surface area contributed by atoms with E-state index in [0.29, 0.717) is 5.92 Å². The maximum absolute atomic E-state index is 5.89. The number of rotatable bonds is 4. The van der Waals surface area contributed by atoms with Crippen molar-refractivity contribution in [3.05, 3.63) is 0 Å². The number of hydrogen-bond acceptors (Lipinski definition) is 2. The molecule has 0 bridgehead atoms. The summed E-state index contributed by atoms with van der Waals surface area (Å²) in [4.78, 5) is 11.8. The van der Waals surface area contributed by atoms with Crippen LogP contribution in [-0.2, 0) is 9.78 Å². The standard InChI is InChI=1S/C19H36O2/c1-10-15(4,5)18(16(6,7)11-2)13-14(3)12-17(8,9)19(18)20-21-19/h14H,10-13H2,1-9H3. The first kappa shape index (κ1) is 17.3. The minimum absolute atomic E-state index is 0.0394. The van der Waals surface area contributed by atoms with E-state index in [1.165, 1.54) is 12.8 Å². The van der Waals surface area contributed by atoms with Gasteiger partial charge in [-0.15, -0.1) is 0 Å². The highest BCUT2D eigenvalue weighted by Gasteiger charge is 2.80. The van der Waals surface area contributed by atoms with Gasteiger partial charge in [0, 0.05) is 10.8 Å². The first-order valence-corrected chi connectivity index (χ1v) is 8.80. The van der Waals surface area contributed by atoms with Crippen molar-refractivity contribution in [2.24, 2.45) is 27.6 Å². The van der Waals surface area contributed by atoms with Crippen molar-refractivity contribution in [3.8, 4) is 0 Å². The van der Waals surface area contributed by atoms with E-state index in [0.717, 1.165) is 12.8 Å². The van der Waals surface area contributed by atoms with Crippen LogP contribution in [0.25, 0.3) is 0 Å². The molecule has 124 valence electrons. The Morgan fingerprint density at radius 3 is 1.67 bits per heavy atom. The Morgan fingerprint density at radius 2 is 1.33 bits per heavy atom. The van der Waals surface area contributed by atoms with Gasteiger partial charge < -0.3 is 0 Å². The SMILES string of the molecule is CCC(C)(C)C1(C(C)(C)CC)CC(C)CC(C)(C)C12OO2. The summed E-state index contributed by atoms with van der Waals surface area (Å²) < 4.78 is 0. The Morgan fingerprint density at radius 1 is 0.905 bits per heavy atom. The van der Waals surface area contributed by atoms with Crippen LogP contribution in [0.5, 0.6) is 0 Å². The van der Waals surface area contributed by atoms with Crippen LogP contribution in [-0.4, -0.2) is 5.79 Å². The van der Waals surface area contributed by atoms with Crippen LogP contribution in [0.15, 0.2) is 0 Å². The molecule has 21 heavy (non-hydrogen) atoms. The molecule has 1 heterocycles. The summed E-state index contributed by atoms with van der Waals surface area (Å²) in [5.41, 5.74) is 0.450. The molecule has 1 atom stereocenters. The Hall–Kier alpha value is -0.0800. The van der Waals surface area contributed by atoms with E-state index in [4.69, 9.17) is 9.78 Å². The van der Waals surface area contributed by atoms with Crippen LogP contribution >= 0.6 is 0 Å². The highest BCUT2D eigenvalue weighted by atomic mass is 17.4. The first-order valence-electron chi connectivity index (χ1n) is 8.80. The molecular weight excluding hydrogens is 260 g/mol. The van der Waals surface area contributed by atoms with Crippen molar-refractivity contribution < 1.29 is 9.78 Å². The molecule has 1 saturated heterocycles. The van der Waals surface area contributed by atoms with Gasteiger partial charge in [-0.3, -0.25) is 0 Å². The lowest BCUT2D eigenvalue weighted by Crippen LogP contribution is -2.65. The van der Waals surface area contributed by atoms with Crippen molar-refractivity contribution in [2.75, 3.05) is 0 Å². The van der Waals surface area contributed by atoms with Gasteiger partial charge in [0.25, 0.3) is 0 Å². The van der Waals surface area contributed by atoms with Gasteiger partial charge in [0.15, 0.2) is 0 Å². The van der Waals surface area contributed by atoms with Crippen molar-refractivity contribution in [3.63, 3.8) is 0 Å². The maximum Gasteiger partial charge on any atom is 0.245 e. The zero-order valence-corrected chi connectivity index (χ0v) is 15.7. The molecule has 2 rings (SSSR count). The van der Waals surface area contributed by atoms with Gasteiger partial charge in [-0.25, -0.2) is 0 Å². The third-order valence-corrected chi connectivity index (χ3v) is 7.29. The van der Waals surface area contributed by atoms with Crippen LogP contribution in [0, 0.1) is 27.6 Å². The van der Waals surface area contributed by atoms with Crippen LogP contribution in [0.2, 0.25) is 0 Å². The molecule has 0 aromatic carbocycles. The molecule has 0 aromatic rings. The molecule has 0 amide bonds. The van der Waals surface area contributed by atoms with Gasteiger partial charge >= 0.3 is 0 Å². The molecular formula is C19H36O2. The molecule has 2 aliphatic rings. The zero-order valence-electron chi connectivity index (χ0n) is 15.7. The lowest BCUT2D eigenvalue weighted by atomic mass is 9.39. The summed E-state index contributed by atoms with van der Waals surface area (Å²) in [5.74, 6) is 0.293. The molecule has 2 fully saturated rings. The first-order chi connectivity index (χ1) is 9.43. The van der Waals surface area contributed by atoms with Crippen molar-refractivity contribution >= 4 is 0 Å². The molecule has 1 spiro atoms. The smallest absolute Gasteiger partial charge is 0.194 e. The monoisotopic (exact) mass is 296 g/mol.